The summed E-state index contributed by atoms with van der Waals surface area (Å²) >= 11 is 7.78. The van der Waals surface area contributed by atoms with E-state index in [-0.39, 0.29) is 12.4 Å². The molecule has 0 aliphatic carbocycles. The van der Waals surface area contributed by atoms with Crippen molar-refractivity contribution in [2.45, 2.75) is 0 Å². The Bertz CT molecular complexity index is 972. The number of aliphatic imine (C=N–C) groups is 1. The van der Waals surface area contributed by atoms with Crippen LogP contribution in [0, 0.1) is 0 Å². The molecule has 1 aliphatic rings. The number of nitrogens with one attached hydrogen (secondary N) is 1. The van der Waals surface area contributed by atoms with Crippen LogP contribution in [0.2, 0.25) is 4.34 Å². The highest BCUT2D eigenvalue weighted by Crippen LogP contribution is 2.44. The molecule has 0 radical (unpaired) electrons. The number of fused-ring (bicyclic) bond motifs is 1. The molecule has 4 rings (SSSR count). The predicted molar refractivity (Wildman–Crippen MR) is 116 cm³/mol. The van der Waals surface area contributed by atoms with E-state index in [1.54, 1.807) is 18.4 Å². The van der Waals surface area contributed by atoms with Crippen molar-refractivity contribution >= 4 is 52.0 Å². The van der Waals surface area contributed by atoms with Crippen molar-refractivity contribution in [2.24, 2.45) is 4.99 Å². The molecule has 27 heavy (non-hydrogen) atoms. The molecule has 1 aromatic heterocycles. The van der Waals surface area contributed by atoms with Crippen LogP contribution in [0.4, 0.5) is 0 Å². The third kappa shape index (κ3) is 4.06. The highest BCUT2D eigenvalue weighted by atomic mass is 35.5. The molecular weight excluding hydrogens is 403 g/mol. The molecule has 1 aliphatic heterocycles. The number of nitrogens with zero attached hydrogens (tertiary/aromatic N) is 1. The van der Waals surface area contributed by atoms with Gasteiger partial charge in [-0.3, -0.25) is 4.99 Å². The van der Waals surface area contributed by atoms with E-state index in [1.807, 2.05) is 24.3 Å². The zero-order valence-corrected chi connectivity index (χ0v) is 17.2. The average molecular weight is 423 g/mol. The summed E-state index contributed by atoms with van der Waals surface area (Å²) in [6, 6.07) is 14.4. The third-order valence-electron chi connectivity index (χ3n) is 4.28. The van der Waals surface area contributed by atoms with Crippen LogP contribution in [0.5, 0.6) is 5.75 Å². The van der Waals surface area contributed by atoms with Gasteiger partial charge < -0.3 is 14.8 Å². The molecule has 1 N–H and O–H groups in total. The van der Waals surface area contributed by atoms with Gasteiger partial charge >= 0.3 is 0 Å². The molecule has 0 fully saturated rings. The van der Waals surface area contributed by atoms with Crippen LogP contribution in [0.1, 0.15) is 5.56 Å². The molecule has 4 nitrogen and oxygen atoms in total. The standard InChI is InChI=1S/C20H19ClN2O2S.ClH/c1-24-10-11-25-19-15(20-22-8-9-23-20)12-13-4-2-3-5-14(13)18(19)16-6-7-17(21)26-16;/h2-7,12H,8-11H2,1H3,(H,22,23);1H. The molecule has 0 saturated heterocycles. The lowest BCUT2D eigenvalue weighted by molar-refractivity contribution is 0.146. The van der Waals surface area contributed by atoms with Crippen molar-refractivity contribution in [1.82, 2.24) is 5.32 Å². The lowest BCUT2D eigenvalue weighted by Crippen LogP contribution is -2.21. The quantitative estimate of drug-likeness (QED) is 0.567. The Hall–Kier alpha value is -1.79. The van der Waals surface area contributed by atoms with Gasteiger partial charge in [0.05, 0.1) is 23.1 Å². The fraction of sp³-hybridized carbons (Fsp3) is 0.250. The number of hydrogen-bond acceptors (Lipinski definition) is 5. The van der Waals surface area contributed by atoms with Gasteiger partial charge in [-0.2, -0.15) is 0 Å². The second-order valence-electron chi connectivity index (χ2n) is 5.95. The SMILES string of the molecule is COCCOc1c(C2=NCCN2)cc2ccccc2c1-c1ccc(Cl)s1.Cl. The Morgan fingerprint density at radius 1 is 1.19 bits per heavy atom. The molecule has 2 heterocycles. The highest BCUT2D eigenvalue weighted by Gasteiger charge is 2.22. The second-order valence-corrected chi connectivity index (χ2v) is 7.67. The Morgan fingerprint density at radius 2 is 2.04 bits per heavy atom. The van der Waals surface area contributed by atoms with Gasteiger partial charge in [0, 0.05) is 24.1 Å². The predicted octanol–water partition coefficient (Wildman–Crippen LogP) is 5.02. The van der Waals surface area contributed by atoms with Gasteiger partial charge in [-0.25, -0.2) is 0 Å². The highest BCUT2D eigenvalue weighted by molar-refractivity contribution is 7.19. The smallest absolute Gasteiger partial charge is 0.139 e. The van der Waals surface area contributed by atoms with Gasteiger partial charge in [0.15, 0.2) is 0 Å². The van der Waals surface area contributed by atoms with Gasteiger partial charge in [0.1, 0.15) is 18.2 Å². The van der Waals surface area contributed by atoms with Crippen molar-refractivity contribution in [3.8, 4) is 16.2 Å². The Labute approximate surface area is 173 Å². The summed E-state index contributed by atoms with van der Waals surface area (Å²) in [5, 5.41) is 5.66. The number of methoxy groups -OCH3 is 1. The van der Waals surface area contributed by atoms with E-state index in [0.717, 1.165) is 55.8 Å². The molecular formula is C20H20Cl2N2O2S. The van der Waals surface area contributed by atoms with Crippen molar-refractivity contribution in [1.29, 1.82) is 0 Å². The Balaban J connectivity index is 0.00000210. The molecule has 0 unspecified atom stereocenters. The van der Waals surface area contributed by atoms with Crippen LogP contribution in [0.3, 0.4) is 0 Å². The van der Waals surface area contributed by atoms with E-state index in [1.165, 1.54) is 0 Å². The van der Waals surface area contributed by atoms with E-state index >= 15 is 0 Å². The molecule has 7 heteroatoms. The number of halogens is 2. The molecule has 2 aromatic carbocycles. The monoisotopic (exact) mass is 422 g/mol. The first-order valence-electron chi connectivity index (χ1n) is 8.50. The zero-order valence-electron chi connectivity index (χ0n) is 14.8. The number of amidine groups is 1. The van der Waals surface area contributed by atoms with E-state index in [0.29, 0.717) is 13.2 Å². The lowest BCUT2D eigenvalue weighted by atomic mass is 9.97. The van der Waals surface area contributed by atoms with Crippen molar-refractivity contribution in [3.05, 3.63) is 52.4 Å². The van der Waals surface area contributed by atoms with Gasteiger partial charge in [0.25, 0.3) is 0 Å². The van der Waals surface area contributed by atoms with Crippen LogP contribution in [0.25, 0.3) is 21.2 Å². The third-order valence-corrected chi connectivity index (χ3v) is 5.53. The summed E-state index contributed by atoms with van der Waals surface area (Å²) in [4.78, 5) is 5.70. The molecule has 0 amide bonds. The molecule has 0 spiro atoms. The van der Waals surface area contributed by atoms with Gasteiger partial charge in [0.2, 0.25) is 0 Å². The van der Waals surface area contributed by atoms with Crippen LogP contribution in [0.15, 0.2) is 47.5 Å². The maximum Gasteiger partial charge on any atom is 0.139 e. The van der Waals surface area contributed by atoms with E-state index < -0.39 is 0 Å². The van der Waals surface area contributed by atoms with Crippen LogP contribution in [-0.2, 0) is 4.74 Å². The van der Waals surface area contributed by atoms with Gasteiger partial charge in [-0.1, -0.05) is 35.9 Å². The number of benzene rings is 2. The maximum absolute atomic E-state index is 6.23. The van der Waals surface area contributed by atoms with Crippen LogP contribution >= 0.6 is 35.3 Å². The largest absolute Gasteiger partial charge is 0.490 e. The van der Waals surface area contributed by atoms with Crippen molar-refractivity contribution in [2.75, 3.05) is 33.4 Å². The zero-order chi connectivity index (χ0) is 17.9. The first kappa shape index (κ1) is 20.0. The number of rotatable bonds is 6. The van der Waals surface area contributed by atoms with Crippen LogP contribution in [-0.4, -0.2) is 39.2 Å². The van der Waals surface area contributed by atoms with Gasteiger partial charge in [-0.15, -0.1) is 23.7 Å². The minimum absolute atomic E-state index is 0. The summed E-state index contributed by atoms with van der Waals surface area (Å²) in [7, 11) is 1.67. The summed E-state index contributed by atoms with van der Waals surface area (Å²) in [5.74, 6) is 1.71. The molecule has 0 saturated carbocycles. The van der Waals surface area contributed by atoms with E-state index in [4.69, 9.17) is 21.1 Å². The fourth-order valence-electron chi connectivity index (χ4n) is 3.15. The van der Waals surface area contributed by atoms with Gasteiger partial charge in [-0.05, 0) is 29.0 Å². The average Bonchev–Trinajstić information content (AvgIpc) is 3.33. The molecule has 3 aromatic rings. The summed E-state index contributed by atoms with van der Waals surface area (Å²) < 4.78 is 12.1. The van der Waals surface area contributed by atoms with E-state index in [2.05, 4.69) is 28.5 Å². The lowest BCUT2D eigenvalue weighted by Gasteiger charge is -2.18. The normalized spacial score (nSPS) is 13.2. The summed E-state index contributed by atoms with van der Waals surface area (Å²) in [5.41, 5.74) is 2.04. The van der Waals surface area contributed by atoms with E-state index in [9.17, 15) is 0 Å². The molecule has 0 bridgehead atoms. The second kappa shape index (κ2) is 8.93. The topological polar surface area (TPSA) is 42.9 Å². The molecule has 142 valence electrons. The van der Waals surface area contributed by atoms with Crippen molar-refractivity contribution < 1.29 is 9.47 Å². The number of ether oxygens (including phenoxy) is 2. The first-order chi connectivity index (χ1) is 12.8. The maximum atomic E-state index is 6.23. The summed E-state index contributed by atoms with van der Waals surface area (Å²) in [6.45, 7) is 2.62. The summed E-state index contributed by atoms with van der Waals surface area (Å²) in [6.07, 6.45) is 0. The minimum Gasteiger partial charge on any atom is -0.490 e. The number of thiophene rings is 1. The number of hydrogen-bond donors (Lipinski definition) is 1. The van der Waals surface area contributed by atoms with Crippen LogP contribution < -0.4 is 10.1 Å². The Kier molecular flexibility index (Phi) is 6.60. The Morgan fingerprint density at radius 3 is 2.74 bits per heavy atom. The minimum atomic E-state index is 0. The molecule has 0 atom stereocenters. The van der Waals surface area contributed by atoms with Crippen molar-refractivity contribution in [3.63, 3.8) is 0 Å². The fourth-order valence-corrected chi connectivity index (χ4v) is 4.25. The first-order valence-corrected chi connectivity index (χ1v) is 9.69.